The van der Waals surface area contributed by atoms with Crippen LogP contribution in [-0.2, 0) is 4.79 Å². The van der Waals surface area contributed by atoms with Crippen LogP contribution in [-0.4, -0.2) is 37.5 Å². The van der Waals surface area contributed by atoms with Gasteiger partial charge in [0.05, 0.1) is 25.2 Å². The van der Waals surface area contributed by atoms with Crippen LogP contribution in [0.2, 0.25) is 0 Å². The Hall–Kier alpha value is -2.78. The number of fused-ring (bicyclic) bond motifs is 1. The fourth-order valence-electron chi connectivity index (χ4n) is 3.29. The van der Waals surface area contributed by atoms with Crippen molar-refractivity contribution in [2.24, 2.45) is 0 Å². The molecule has 4 rings (SSSR count). The fourth-order valence-corrected chi connectivity index (χ4v) is 5.92. The smallest absolute Gasteiger partial charge is 0.413 e. The minimum absolute atomic E-state index is 0.222. The van der Waals surface area contributed by atoms with Gasteiger partial charge in [0.25, 0.3) is 5.91 Å². The van der Waals surface area contributed by atoms with E-state index in [9.17, 15) is 9.59 Å². The zero-order valence-electron chi connectivity index (χ0n) is 16.6. The maximum atomic E-state index is 13.3. The second-order valence-corrected chi connectivity index (χ2v) is 8.97. The van der Waals surface area contributed by atoms with Crippen molar-refractivity contribution in [3.05, 3.63) is 59.1 Å². The van der Waals surface area contributed by atoms with Crippen molar-refractivity contribution in [3.8, 4) is 17.2 Å². The summed E-state index contributed by atoms with van der Waals surface area (Å²) in [5, 5.41) is 4.43. The molecule has 0 saturated carbocycles. The van der Waals surface area contributed by atoms with Crippen LogP contribution >= 0.6 is 21.6 Å². The third kappa shape index (κ3) is 3.82. The summed E-state index contributed by atoms with van der Waals surface area (Å²) in [5.74, 6) is 1.30. The summed E-state index contributed by atoms with van der Waals surface area (Å²) in [6.07, 6.45) is -0.669. The Bertz CT molecular complexity index is 1010. The average Bonchev–Trinajstić information content (AvgIpc) is 3.31. The molecule has 0 aliphatic carbocycles. The van der Waals surface area contributed by atoms with Crippen molar-refractivity contribution in [1.29, 1.82) is 0 Å². The number of hydrogen-bond acceptors (Lipinski definition) is 7. The van der Waals surface area contributed by atoms with Gasteiger partial charge in [0.2, 0.25) is 0 Å². The molecule has 2 atom stereocenters. The van der Waals surface area contributed by atoms with Crippen molar-refractivity contribution >= 4 is 39.3 Å². The highest BCUT2D eigenvalue weighted by molar-refractivity contribution is 8.78. The zero-order chi connectivity index (χ0) is 21.3. The standard InChI is InChI=1S/C21H20N2O5S2/c1-12-4-6-13(7-5-12)28-21(25)22-18-19-16(11-29-30-19)23(20(18)24)15-9-8-14(26-2)10-17(15)27-3/h4-11,18-19H,1-3H3,(H,22,25). The number of carbonyl (C=O) groups excluding carboxylic acids is 2. The Labute approximate surface area is 182 Å². The Morgan fingerprint density at radius 3 is 2.50 bits per heavy atom. The predicted octanol–water partition coefficient (Wildman–Crippen LogP) is 4.12. The number of nitrogens with one attached hydrogen (secondary N) is 1. The zero-order valence-corrected chi connectivity index (χ0v) is 18.2. The minimum Gasteiger partial charge on any atom is -0.497 e. The lowest BCUT2D eigenvalue weighted by Crippen LogP contribution is -2.46. The van der Waals surface area contributed by atoms with Gasteiger partial charge in [-0.2, -0.15) is 0 Å². The number of methoxy groups -OCH3 is 2. The van der Waals surface area contributed by atoms with Gasteiger partial charge in [-0.25, -0.2) is 4.79 Å². The number of hydrogen-bond donors (Lipinski definition) is 1. The average molecular weight is 445 g/mol. The van der Waals surface area contributed by atoms with Crippen molar-refractivity contribution in [2.75, 3.05) is 19.1 Å². The molecule has 2 aromatic rings. The first kappa shape index (κ1) is 20.5. The molecule has 0 aromatic heterocycles. The number of anilines is 1. The molecule has 2 amide bonds. The summed E-state index contributed by atoms with van der Waals surface area (Å²) >= 11 is 0. The molecule has 7 nitrogen and oxygen atoms in total. The van der Waals surface area contributed by atoms with E-state index in [1.807, 2.05) is 24.5 Å². The lowest BCUT2D eigenvalue weighted by Gasteiger charge is -2.21. The van der Waals surface area contributed by atoms with Gasteiger partial charge in [-0.15, -0.1) is 0 Å². The van der Waals surface area contributed by atoms with Crippen molar-refractivity contribution in [3.63, 3.8) is 0 Å². The molecule has 2 heterocycles. The number of amides is 2. The highest BCUT2D eigenvalue weighted by Crippen LogP contribution is 2.50. The van der Waals surface area contributed by atoms with Crippen molar-refractivity contribution < 1.29 is 23.8 Å². The lowest BCUT2D eigenvalue weighted by molar-refractivity contribution is -0.118. The molecule has 2 aliphatic heterocycles. The van der Waals surface area contributed by atoms with Gasteiger partial charge in [0, 0.05) is 17.2 Å². The normalized spacial score (nSPS) is 19.9. The molecule has 0 bridgehead atoms. The van der Waals surface area contributed by atoms with Gasteiger partial charge in [-0.1, -0.05) is 39.3 Å². The highest BCUT2D eigenvalue weighted by Gasteiger charge is 2.49. The first-order valence-electron chi connectivity index (χ1n) is 9.15. The number of nitrogens with zero attached hydrogens (tertiary/aromatic N) is 1. The molecule has 0 radical (unpaired) electrons. The monoisotopic (exact) mass is 444 g/mol. The topological polar surface area (TPSA) is 77.1 Å². The van der Waals surface area contributed by atoms with E-state index in [0.717, 1.165) is 11.3 Å². The van der Waals surface area contributed by atoms with E-state index in [-0.39, 0.29) is 11.2 Å². The maximum absolute atomic E-state index is 13.3. The Balaban J connectivity index is 1.57. The number of carbonyl (C=O) groups is 2. The molecule has 2 aromatic carbocycles. The molecule has 9 heteroatoms. The molecule has 2 unspecified atom stereocenters. The van der Waals surface area contributed by atoms with Crippen LogP contribution in [0.15, 0.2) is 53.6 Å². The van der Waals surface area contributed by atoms with E-state index in [4.69, 9.17) is 14.2 Å². The third-order valence-electron chi connectivity index (χ3n) is 4.80. The molecule has 1 saturated heterocycles. The summed E-state index contributed by atoms with van der Waals surface area (Å²) in [6.45, 7) is 1.95. The van der Waals surface area contributed by atoms with E-state index < -0.39 is 12.1 Å². The van der Waals surface area contributed by atoms with Crippen LogP contribution < -0.4 is 24.4 Å². The predicted molar refractivity (Wildman–Crippen MR) is 118 cm³/mol. The van der Waals surface area contributed by atoms with Crippen LogP contribution in [0.4, 0.5) is 10.5 Å². The van der Waals surface area contributed by atoms with Crippen LogP contribution in [0, 0.1) is 6.92 Å². The SMILES string of the molecule is COc1ccc(N2C(=O)C(NC(=O)Oc3ccc(C)cc3)C3SSC=C32)c(OC)c1. The molecule has 1 fully saturated rings. The van der Waals surface area contributed by atoms with Gasteiger partial charge >= 0.3 is 6.09 Å². The van der Waals surface area contributed by atoms with Crippen molar-refractivity contribution in [1.82, 2.24) is 5.32 Å². The molecule has 30 heavy (non-hydrogen) atoms. The quantitative estimate of drug-likeness (QED) is 0.695. The Morgan fingerprint density at radius 2 is 1.80 bits per heavy atom. The van der Waals surface area contributed by atoms with Crippen LogP contribution in [0.5, 0.6) is 17.2 Å². The number of ether oxygens (including phenoxy) is 3. The van der Waals surface area contributed by atoms with Gasteiger partial charge in [0.1, 0.15) is 23.3 Å². The van der Waals surface area contributed by atoms with Crippen LogP contribution in [0.25, 0.3) is 0 Å². The number of benzene rings is 2. The molecular weight excluding hydrogens is 424 g/mol. The van der Waals surface area contributed by atoms with E-state index in [1.165, 1.54) is 28.7 Å². The summed E-state index contributed by atoms with van der Waals surface area (Å²) in [5.41, 5.74) is 2.46. The summed E-state index contributed by atoms with van der Waals surface area (Å²) < 4.78 is 16.1. The lowest BCUT2D eigenvalue weighted by atomic mass is 10.2. The second kappa shape index (κ2) is 8.53. The van der Waals surface area contributed by atoms with E-state index in [2.05, 4.69) is 5.32 Å². The second-order valence-electron chi connectivity index (χ2n) is 6.69. The van der Waals surface area contributed by atoms with Gasteiger partial charge in [0.15, 0.2) is 0 Å². The molecule has 156 valence electrons. The first-order valence-corrected chi connectivity index (χ1v) is 11.4. The summed E-state index contributed by atoms with van der Waals surface area (Å²) in [4.78, 5) is 27.3. The van der Waals surface area contributed by atoms with E-state index in [0.29, 0.717) is 22.9 Å². The van der Waals surface area contributed by atoms with E-state index in [1.54, 1.807) is 42.3 Å². The minimum atomic E-state index is -0.749. The first-order chi connectivity index (χ1) is 14.5. The van der Waals surface area contributed by atoms with Crippen LogP contribution in [0.1, 0.15) is 5.56 Å². The Kier molecular flexibility index (Phi) is 5.83. The largest absolute Gasteiger partial charge is 0.497 e. The van der Waals surface area contributed by atoms with Gasteiger partial charge in [-0.05, 0) is 31.2 Å². The van der Waals surface area contributed by atoms with E-state index >= 15 is 0 Å². The maximum Gasteiger partial charge on any atom is 0.413 e. The van der Waals surface area contributed by atoms with Gasteiger partial charge in [-0.3, -0.25) is 9.69 Å². The van der Waals surface area contributed by atoms with Crippen molar-refractivity contribution in [2.45, 2.75) is 18.2 Å². The summed E-state index contributed by atoms with van der Waals surface area (Å²) in [7, 11) is 6.15. The third-order valence-corrected chi connectivity index (χ3v) is 7.21. The molecule has 0 spiro atoms. The number of aryl methyl sites for hydroxylation is 1. The molecular formula is C21H20N2O5S2. The van der Waals surface area contributed by atoms with Gasteiger partial charge < -0.3 is 19.5 Å². The number of rotatable bonds is 5. The molecule has 2 aliphatic rings. The highest BCUT2D eigenvalue weighted by atomic mass is 33.1. The van der Waals surface area contributed by atoms with Crippen LogP contribution in [0.3, 0.4) is 0 Å². The molecule has 1 N–H and O–H groups in total. The fraction of sp³-hybridized carbons (Fsp3) is 0.238. The Morgan fingerprint density at radius 1 is 1.07 bits per heavy atom. The summed E-state index contributed by atoms with van der Waals surface area (Å²) in [6, 6.07) is 11.6.